The molecule has 146 valence electrons. The third kappa shape index (κ3) is 3.46. The van der Waals surface area contributed by atoms with E-state index in [-0.39, 0.29) is 18.1 Å². The van der Waals surface area contributed by atoms with Crippen LogP contribution in [0.25, 0.3) is 0 Å². The van der Waals surface area contributed by atoms with Crippen molar-refractivity contribution in [2.75, 3.05) is 42.2 Å². The fourth-order valence-electron chi connectivity index (χ4n) is 3.91. The van der Waals surface area contributed by atoms with Gasteiger partial charge >= 0.3 is 6.03 Å². The quantitative estimate of drug-likeness (QED) is 0.760. The minimum atomic E-state index is -3.40. The summed E-state index contributed by atoms with van der Waals surface area (Å²) in [6, 6.07) is 7.65. The number of anilines is 2. The fourth-order valence-corrected chi connectivity index (χ4v) is 4.41. The number of aliphatic imine (C=N–C) groups is 1. The second-order valence-electron chi connectivity index (χ2n) is 7.21. The van der Waals surface area contributed by atoms with E-state index < -0.39 is 10.0 Å². The number of carbonyl (C=O) groups excluding carboxylic acids is 1. The predicted octanol–water partition coefficient (Wildman–Crippen LogP) is 0.144. The Bertz CT molecular complexity index is 869. The Hall–Kier alpha value is -2.33. The molecule has 3 N–H and O–H groups in total. The summed E-state index contributed by atoms with van der Waals surface area (Å²) in [6.45, 7) is 2.58. The van der Waals surface area contributed by atoms with Gasteiger partial charge < -0.3 is 15.5 Å². The lowest BCUT2D eigenvalue weighted by Crippen LogP contribution is -2.46. The maximum atomic E-state index is 12.6. The van der Waals surface area contributed by atoms with Gasteiger partial charge in [-0.2, -0.15) is 0 Å². The van der Waals surface area contributed by atoms with Gasteiger partial charge in [0.2, 0.25) is 16.0 Å². The minimum Gasteiger partial charge on any atom is -0.326 e. The van der Waals surface area contributed by atoms with Gasteiger partial charge in [0, 0.05) is 43.6 Å². The lowest BCUT2D eigenvalue weighted by atomic mass is 10.1. The van der Waals surface area contributed by atoms with Crippen molar-refractivity contribution in [3.8, 4) is 0 Å². The highest BCUT2D eigenvalue weighted by Gasteiger charge is 2.44. The average molecular weight is 392 g/mol. The molecule has 3 heterocycles. The van der Waals surface area contributed by atoms with Crippen molar-refractivity contribution in [2.45, 2.75) is 24.9 Å². The van der Waals surface area contributed by atoms with Crippen molar-refractivity contribution in [3.63, 3.8) is 0 Å². The summed E-state index contributed by atoms with van der Waals surface area (Å²) in [6.07, 6.45) is 2.81. The zero-order valence-electron chi connectivity index (χ0n) is 15.2. The molecule has 1 aromatic carbocycles. The van der Waals surface area contributed by atoms with E-state index in [9.17, 15) is 13.2 Å². The molecule has 0 aromatic heterocycles. The highest BCUT2D eigenvalue weighted by molar-refractivity contribution is 7.89. The Morgan fingerprint density at radius 3 is 2.44 bits per heavy atom. The van der Waals surface area contributed by atoms with Gasteiger partial charge in [0.25, 0.3) is 0 Å². The van der Waals surface area contributed by atoms with Crippen LogP contribution in [-0.2, 0) is 10.0 Å². The van der Waals surface area contributed by atoms with Crippen LogP contribution in [0.15, 0.2) is 29.3 Å². The fraction of sp³-hybridized carbons (Fsp3) is 0.529. The van der Waals surface area contributed by atoms with Crippen LogP contribution in [0.4, 0.5) is 16.2 Å². The monoisotopic (exact) mass is 392 g/mol. The van der Waals surface area contributed by atoms with Gasteiger partial charge in [-0.05, 0) is 37.1 Å². The number of carbonyl (C=O) groups is 1. The smallest absolute Gasteiger partial charge is 0.324 e. The Labute approximate surface area is 158 Å². The molecule has 1 aromatic rings. The van der Waals surface area contributed by atoms with E-state index >= 15 is 0 Å². The van der Waals surface area contributed by atoms with E-state index in [2.05, 4.69) is 9.71 Å². The number of amides is 2. The first-order valence-electron chi connectivity index (χ1n) is 9.07. The largest absolute Gasteiger partial charge is 0.326 e. The Kier molecular flexibility index (Phi) is 4.47. The van der Waals surface area contributed by atoms with E-state index in [0.29, 0.717) is 32.1 Å². The number of fused-ring (bicyclic) bond motifs is 1. The van der Waals surface area contributed by atoms with Crippen molar-refractivity contribution in [2.24, 2.45) is 10.7 Å². The van der Waals surface area contributed by atoms with E-state index in [4.69, 9.17) is 5.73 Å². The molecule has 3 aliphatic heterocycles. The van der Waals surface area contributed by atoms with Crippen LogP contribution >= 0.6 is 0 Å². The number of hydrogen-bond acceptors (Lipinski definition) is 6. The molecule has 2 fully saturated rings. The summed E-state index contributed by atoms with van der Waals surface area (Å²) in [5, 5.41) is 0. The van der Waals surface area contributed by atoms with Gasteiger partial charge in [0.05, 0.1) is 12.3 Å². The summed E-state index contributed by atoms with van der Waals surface area (Å²) in [4.78, 5) is 22.4. The molecule has 2 atom stereocenters. The van der Waals surface area contributed by atoms with Crippen LogP contribution in [0.5, 0.6) is 0 Å². The van der Waals surface area contributed by atoms with Crippen LogP contribution in [0.3, 0.4) is 0 Å². The van der Waals surface area contributed by atoms with Gasteiger partial charge in [-0.25, -0.2) is 13.2 Å². The second-order valence-corrected chi connectivity index (χ2v) is 8.96. The zero-order chi connectivity index (χ0) is 19.2. The normalized spacial score (nSPS) is 25.6. The lowest BCUT2D eigenvalue weighted by Gasteiger charge is -2.29. The van der Waals surface area contributed by atoms with Crippen LogP contribution in [0, 0.1) is 0 Å². The summed E-state index contributed by atoms with van der Waals surface area (Å²) >= 11 is 0. The number of sulfonamides is 1. The number of nitrogens with two attached hydrogens (primary N) is 1. The molecule has 0 bridgehead atoms. The average Bonchev–Trinajstić information content (AvgIpc) is 3.15. The number of guanidine groups is 1. The molecule has 27 heavy (non-hydrogen) atoms. The van der Waals surface area contributed by atoms with Crippen molar-refractivity contribution >= 4 is 33.4 Å². The Morgan fingerprint density at radius 2 is 1.81 bits per heavy atom. The number of hydrogen-bond donors (Lipinski definition) is 2. The number of benzene rings is 1. The van der Waals surface area contributed by atoms with Gasteiger partial charge in [-0.15, -0.1) is 0 Å². The van der Waals surface area contributed by atoms with E-state index in [1.807, 2.05) is 34.1 Å². The topological polar surface area (TPSA) is 111 Å². The SMILES string of the molecule is CS(=O)(=O)NC1=NCCCN1c1ccc(N2C[C@@H]3[C@H](N)CCN3C2=O)cc1. The molecule has 2 saturated heterocycles. The maximum absolute atomic E-state index is 12.6. The molecule has 0 saturated carbocycles. The van der Waals surface area contributed by atoms with E-state index in [0.717, 1.165) is 30.5 Å². The highest BCUT2D eigenvalue weighted by atomic mass is 32.2. The van der Waals surface area contributed by atoms with Gasteiger partial charge in [0.1, 0.15) is 0 Å². The first-order chi connectivity index (χ1) is 12.8. The van der Waals surface area contributed by atoms with Crippen molar-refractivity contribution in [1.29, 1.82) is 0 Å². The summed E-state index contributed by atoms with van der Waals surface area (Å²) in [5.74, 6) is 0.334. The molecule has 10 heteroatoms. The van der Waals surface area contributed by atoms with Crippen LogP contribution in [-0.4, -0.2) is 69.8 Å². The van der Waals surface area contributed by atoms with Crippen molar-refractivity contribution in [1.82, 2.24) is 9.62 Å². The third-order valence-corrected chi connectivity index (χ3v) is 5.80. The summed E-state index contributed by atoms with van der Waals surface area (Å²) < 4.78 is 25.6. The molecule has 4 rings (SSSR count). The van der Waals surface area contributed by atoms with Crippen LogP contribution in [0.2, 0.25) is 0 Å². The third-order valence-electron chi connectivity index (χ3n) is 5.25. The molecule has 3 aliphatic rings. The zero-order valence-corrected chi connectivity index (χ0v) is 16.0. The number of nitrogens with zero attached hydrogens (tertiary/aromatic N) is 4. The summed E-state index contributed by atoms with van der Waals surface area (Å²) in [5.41, 5.74) is 7.76. The maximum Gasteiger partial charge on any atom is 0.324 e. The Morgan fingerprint density at radius 1 is 1.15 bits per heavy atom. The first-order valence-corrected chi connectivity index (χ1v) is 11.0. The molecule has 0 radical (unpaired) electrons. The Balaban J connectivity index is 1.53. The molecule has 0 unspecified atom stereocenters. The minimum absolute atomic E-state index is 0.000308. The lowest BCUT2D eigenvalue weighted by molar-refractivity contribution is 0.218. The van der Waals surface area contributed by atoms with Crippen molar-refractivity contribution < 1.29 is 13.2 Å². The molecule has 2 amide bonds. The molecular formula is C17H24N6O3S. The van der Waals surface area contributed by atoms with Gasteiger partial charge in [-0.3, -0.25) is 14.6 Å². The van der Waals surface area contributed by atoms with Crippen LogP contribution in [0.1, 0.15) is 12.8 Å². The summed E-state index contributed by atoms with van der Waals surface area (Å²) in [7, 11) is -3.40. The predicted molar refractivity (Wildman–Crippen MR) is 105 cm³/mol. The van der Waals surface area contributed by atoms with Crippen LogP contribution < -0.4 is 20.3 Å². The standard InChI is InChI=1S/C17H24N6O3S/c1-27(25,26)20-16-19-8-2-9-21(16)12-3-5-13(6-4-12)23-11-15-14(18)7-10-22(15)17(23)24/h3-6,14-15H,2,7-11,18H2,1H3,(H,19,20)/t14-,15-/m1/s1. The molecule has 9 nitrogen and oxygen atoms in total. The van der Waals surface area contributed by atoms with E-state index in [1.165, 1.54) is 0 Å². The number of rotatable bonds is 3. The highest BCUT2D eigenvalue weighted by Crippen LogP contribution is 2.31. The van der Waals surface area contributed by atoms with Gasteiger partial charge in [-0.1, -0.05) is 0 Å². The molecular weight excluding hydrogens is 368 g/mol. The number of nitrogens with one attached hydrogen (secondary N) is 1. The first kappa shape index (κ1) is 18.1. The number of urea groups is 1. The van der Waals surface area contributed by atoms with Gasteiger partial charge in [0.15, 0.2) is 0 Å². The van der Waals surface area contributed by atoms with Crippen molar-refractivity contribution in [3.05, 3.63) is 24.3 Å². The molecule has 0 spiro atoms. The second kappa shape index (κ2) is 6.68. The van der Waals surface area contributed by atoms with E-state index in [1.54, 1.807) is 4.90 Å². The molecule has 0 aliphatic carbocycles.